The normalized spacial score (nSPS) is 24.3. The number of phenolic OH excluding ortho intramolecular Hbond substituents is 1. The Morgan fingerprint density at radius 1 is 0.965 bits per heavy atom. The standard InChI is InChI=1S/C47H67FN2O7/c1-4-6-7-8-9-10-11-12-13-20-44(54)50(33-34-21-23-36(48)24-22-34)43-32-41(49-55-3)39-30-35(18-14-16-27-51)38(19-15-17-28-52)45-40-31-37(53)25-26-42(40)57-47(43,46(39)45)56-29-5-2/h5,21-26,30-31,35,38,43,45-46,51-53H,2,4,6-20,27-29,32-33H2,1,3H3. The van der Waals surface area contributed by atoms with Crippen LogP contribution in [0.2, 0.25) is 0 Å². The molecule has 6 atom stereocenters. The Morgan fingerprint density at radius 3 is 2.32 bits per heavy atom. The number of rotatable bonds is 25. The lowest BCUT2D eigenvalue weighted by Crippen LogP contribution is -2.70. The molecule has 5 rings (SSSR count). The number of allylic oxidation sites excluding steroid dienone is 1. The van der Waals surface area contributed by atoms with Crippen molar-refractivity contribution in [3.05, 3.63) is 83.7 Å². The molecule has 9 nitrogen and oxygen atoms in total. The summed E-state index contributed by atoms with van der Waals surface area (Å²) < 4.78 is 28.4. The molecule has 314 valence electrons. The Hall–Kier alpha value is -3.73. The molecule has 1 heterocycles. The zero-order valence-corrected chi connectivity index (χ0v) is 34.4. The molecule has 6 unspecified atom stereocenters. The van der Waals surface area contributed by atoms with Gasteiger partial charge in [0.2, 0.25) is 11.7 Å². The van der Waals surface area contributed by atoms with Gasteiger partial charge in [-0.25, -0.2) is 4.39 Å². The lowest BCUT2D eigenvalue weighted by molar-refractivity contribution is -0.258. The van der Waals surface area contributed by atoms with Crippen LogP contribution in [0.3, 0.4) is 0 Å². The van der Waals surface area contributed by atoms with Gasteiger partial charge in [-0.3, -0.25) is 4.79 Å². The smallest absolute Gasteiger partial charge is 0.239 e. The van der Waals surface area contributed by atoms with Crippen molar-refractivity contribution in [1.29, 1.82) is 0 Å². The maximum Gasteiger partial charge on any atom is 0.239 e. The molecule has 0 spiro atoms. The van der Waals surface area contributed by atoms with Crippen LogP contribution in [-0.4, -0.2) is 70.6 Å². The highest BCUT2D eigenvalue weighted by Crippen LogP contribution is 2.62. The molecule has 2 aromatic rings. The third kappa shape index (κ3) is 11.1. The second kappa shape index (κ2) is 22.4. The van der Waals surface area contributed by atoms with Crippen molar-refractivity contribution in [1.82, 2.24) is 4.90 Å². The summed E-state index contributed by atoms with van der Waals surface area (Å²) in [7, 11) is 1.53. The molecule has 3 aliphatic rings. The van der Waals surface area contributed by atoms with E-state index in [1.165, 1.54) is 51.3 Å². The highest BCUT2D eigenvalue weighted by Gasteiger charge is 2.65. The number of oxime groups is 1. The van der Waals surface area contributed by atoms with Crippen molar-refractivity contribution < 1.29 is 38.8 Å². The Morgan fingerprint density at radius 2 is 1.65 bits per heavy atom. The third-order valence-electron chi connectivity index (χ3n) is 12.3. The predicted octanol–water partition coefficient (Wildman–Crippen LogP) is 9.74. The molecule has 10 heteroatoms. The largest absolute Gasteiger partial charge is 0.508 e. The number of carbonyl (C=O) groups is 1. The lowest BCUT2D eigenvalue weighted by atomic mass is 9.55. The summed E-state index contributed by atoms with van der Waals surface area (Å²) >= 11 is 0. The van der Waals surface area contributed by atoms with Crippen molar-refractivity contribution >= 4 is 11.6 Å². The maximum absolute atomic E-state index is 14.8. The first kappa shape index (κ1) is 44.4. The molecule has 1 saturated carbocycles. The van der Waals surface area contributed by atoms with Gasteiger partial charge in [0.15, 0.2) is 0 Å². The topological polar surface area (TPSA) is 121 Å². The van der Waals surface area contributed by atoms with E-state index in [9.17, 15) is 24.5 Å². The second-order valence-electron chi connectivity index (χ2n) is 16.2. The number of hydrogen-bond acceptors (Lipinski definition) is 8. The number of nitrogens with zero attached hydrogens (tertiary/aromatic N) is 2. The number of hydrogen-bond donors (Lipinski definition) is 3. The van der Waals surface area contributed by atoms with Gasteiger partial charge in [0.1, 0.15) is 30.5 Å². The molecular weight excluding hydrogens is 724 g/mol. The van der Waals surface area contributed by atoms with Gasteiger partial charge in [-0.2, -0.15) is 0 Å². The molecule has 57 heavy (non-hydrogen) atoms. The van der Waals surface area contributed by atoms with E-state index in [0.717, 1.165) is 68.1 Å². The molecule has 0 saturated heterocycles. The van der Waals surface area contributed by atoms with Crippen LogP contribution in [0.1, 0.15) is 133 Å². The fraction of sp³-hybridized carbons (Fsp3) is 0.617. The summed E-state index contributed by atoms with van der Waals surface area (Å²) in [6, 6.07) is 10.8. The van der Waals surface area contributed by atoms with Crippen LogP contribution in [0, 0.1) is 23.6 Å². The number of phenols is 1. The fourth-order valence-corrected chi connectivity index (χ4v) is 9.66. The predicted molar refractivity (Wildman–Crippen MR) is 222 cm³/mol. The number of benzene rings is 2. The van der Waals surface area contributed by atoms with E-state index >= 15 is 0 Å². The number of aliphatic hydroxyl groups excluding tert-OH is 2. The van der Waals surface area contributed by atoms with Gasteiger partial charge in [0.25, 0.3) is 0 Å². The fourth-order valence-electron chi connectivity index (χ4n) is 9.66. The summed E-state index contributed by atoms with van der Waals surface area (Å²) in [5.74, 6) is -1.56. The Kier molecular flexibility index (Phi) is 17.5. The molecule has 0 radical (unpaired) electrons. The number of amides is 1. The molecule has 1 amide bonds. The average Bonchev–Trinajstić information content (AvgIpc) is 3.21. The SMILES string of the molecule is C=CCOC12Oc3ccc(O)cc3C3C(CCCCO)C(CCCCO)C=C(C(=NOC)CC1N(Cc1ccc(F)cc1)C(=O)CCCCCCCCCCC)C32. The van der Waals surface area contributed by atoms with Crippen molar-refractivity contribution in [2.24, 2.45) is 22.9 Å². The van der Waals surface area contributed by atoms with Crippen LogP contribution < -0.4 is 4.74 Å². The first-order valence-corrected chi connectivity index (χ1v) is 21.7. The minimum Gasteiger partial charge on any atom is -0.508 e. The molecule has 2 aromatic carbocycles. The molecule has 1 fully saturated rings. The Balaban J connectivity index is 1.61. The van der Waals surface area contributed by atoms with Crippen LogP contribution in [0.25, 0.3) is 0 Å². The first-order chi connectivity index (χ1) is 27.8. The van der Waals surface area contributed by atoms with Crippen molar-refractivity contribution in [2.75, 3.05) is 26.9 Å². The monoisotopic (exact) mass is 790 g/mol. The van der Waals surface area contributed by atoms with E-state index in [0.29, 0.717) is 30.7 Å². The molecule has 0 aromatic heterocycles. The summed E-state index contributed by atoms with van der Waals surface area (Å²) in [5, 5.41) is 35.2. The quantitative estimate of drug-likeness (QED) is 0.0521. The summed E-state index contributed by atoms with van der Waals surface area (Å²) in [4.78, 5) is 22.2. The van der Waals surface area contributed by atoms with Crippen LogP contribution in [-0.2, 0) is 20.9 Å². The zero-order valence-electron chi connectivity index (χ0n) is 34.4. The van der Waals surface area contributed by atoms with Crippen molar-refractivity contribution in [3.8, 4) is 11.5 Å². The summed E-state index contributed by atoms with van der Waals surface area (Å²) in [6.45, 7) is 6.81. The van der Waals surface area contributed by atoms with Crippen LogP contribution in [0.5, 0.6) is 11.5 Å². The molecule has 1 aliphatic heterocycles. The number of aliphatic hydroxyl groups is 2. The van der Waals surface area contributed by atoms with E-state index in [1.807, 2.05) is 4.90 Å². The van der Waals surface area contributed by atoms with E-state index in [2.05, 4.69) is 24.7 Å². The number of fused-ring (bicyclic) bond motifs is 2. The number of carbonyl (C=O) groups excluding carboxylic acids is 1. The summed E-state index contributed by atoms with van der Waals surface area (Å²) in [6.07, 6.45) is 19.5. The van der Waals surface area contributed by atoms with Crippen molar-refractivity contribution in [2.45, 2.75) is 140 Å². The second-order valence-corrected chi connectivity index (χ2v) is 16.2. The number of halogens is 1. The number of ether oxygens (including phenoxy) is 2. The van der Waals surface area contributed by atoms with E-state index in [-0.39, 0.29) is 68.0 Å². The number of aromatic hydroxyl groups is 1. The van der Waals surface area contributed by atoms with Crippen LogP contribution >= 0.6 is 0 Å². The minimum atomic E-state index is -1.39. The van der Waals surface area contributed by atoms with Gasteiger partial charge in [0.05, 0.1) is 18.2 Å². The highest BCUT2D eigenvalue weighted by molar-refractivity contribution is 6.03. The van der Waals surface area contributed by atoms with Gasteiger partial charge in [-0.05, 0) is 85.4 Å². The van der Waals surface area contributed by atoms with Gasteiger partial charge in [-0.15, -0.1) is 6.58 Å². The Labute approximate surface area is 340 Å². The van der Waals surface area contributed by atoms with Crippen LogP contribution in [0.15, 0.2) is 71.9 Å². The van der Waals surface area contributed by atoms with E-state index in [1.54, 1.807) is 36.4 Å². The van der Waals surface area contributed by atoms with Gasteiger partial charge >= 0.3 is 0 Å². The third-order valence-corrected chi connectivity index (χ3v) is 12.3. The molecule has 3 N–H and O–H groups in total. The minimum absolute atomic E-state index is 0.0353. The first-order valence-electron chi connectivity index (χ1n) is 21.7. The van der Waals surface area contributed by atoms with E-state index < -0.39 is 17.7 Å². The lowest BCUT2D eigenvalue weighted by Gasteiger charge is -2.60. The number of unbranched alkanes of at least 4 members (excludes halogenated alkanes) is 10. The summed E-state index contributed by atoms with van der Waals surface area (Å²) in [5.41, 5.74) is 3.31. The van der Waals surface area contributed by atoms with E-state index in [4.69, 9.17) is 14.3 Å². The Bertz CT molecular complexity index is 1630. The highest BCUT2D eigenvalue weighted by atomic mass is 19.1. The van der Waals surface area contributed by atoms with Crippen molar-refractivity contribution in [3.63, 3.8) is 0 Å². The van der Waals surface area contributed by atoms with Gasteiger partial charge in [0, 0.05) is 44.1 Å². The zero-order chi connectivity index (χ0) is 40.6. The maximum atomic E-state index is 14.8. The molecule has 2 aliphatic carbocycles. The average molecular weight is 791 g/mol. The molecular formula is C47H67FN2O7. The van der Waals surface area contributed by atoms with Gasteiger partial charge in [-0.1, -0.05) is 101 Å². The molecule has 0 bridgehead atoms. The van der Waals surface area contributed by atoms with Crippen LogP contribution in [0.4, 0.5) is 4.39 Å². The van der Waals surface area contributed by atoms with Gasteiger partial charge < -0.3 is 34.5 Å².